The van der Waals surface area contributed by atoms with E-state index < -0.39 is 10.0 Å². The molecule has 29 heavy (non-hydrogen) atoms. The Morgan fingerprint density at radius 3 is 2.59 bits per heavy atom. The summed E-state index contributed by atoms with van der Waals surface area (Å²) in [7, 11) is -2.08. The molecule has 2 heterocycles. The highest BCUT2D eigenvalue weighted by atomic mass is 32.2. The lowest BCUT2D eigenvalue weighted by Crippen LogP contribution is -2.27. The third-order valence-electron chi connectivity index (χ3n) is 5.18. The second-order valence-corrected chi connectivity index (χ2v) is 9.83. The molecule has 0 atom stereocenters. The number of benzene rings is 2. The van der Waals surface area contributed by atoms with E-state index in [0.717, 1.165) is 35.4 Å². The highest BCUT2D eigenvalue weighted by molar-refractivity contribution is 7.89. The van der Waals surface area contributed by atoms with Crippen molar-refractivity contribution in [2.75, 3.05) is 6.54 Å². The standard InChI is InChI=1S/C20H21N3O4S2/c1-22-17-9-8-16(11-18(17)28-20(22)25)29(26,27)21-12-14-5-2-3-6-15(14)13-23-10-4-7-19(23)24/h2-3,5-6,8-9,11,21H,4,7,10,12-13H2,1H3. The number of aromatic nitrogens is 1. The number of hydrogen-bond donors (Lipinski definition) is 1. The number of nitrogens with zero attached hydrogens (tertiary/aromatic N) is 2. The summed E-state index contributed by atoms with van der Waals surface area (Å²) in [4.78, 5) is 25.5. The molecule has 1 aliphatic heterocycles. The van der Waals surface area contributed by atoms with E-state index in [0.29, 0.717) is 23.2 Å². The lowest BCUT2D eigenvalue weighted by Gasteiger charge is -2.18. The number of fused-ring (bicyclic) bond motifs is 1. The van der Waals surface area contributed by atoms with E-state index in [1.54, 1.807) is 18.0 Å². The fourth-order valence-electron chi connectivity index (χ4n) is 3.50. The molecule has 7 nitrogen and oxygen atoms in total. The second kappa shape index (κ2) is 7.74. The Morgan fingerprint density at radius 1 is 1.10 bits per heavy atom. The number of carbonyl (C=O) groups is 1. The minimum Gasteiger partial charge on any atom is -0.338 e. The van der Waals surface area contributed by atoms with Gasteiger partial charge in [-0.2, -0.15) is 0 Å². The van der Waals surface area contributed by atoms with Gasteiger partial charge in [0, 0.05) is 33.1 Å². The first-order valence-electron chi connectivity index (χ1n) is 9.29. The van der Waals surface area contributed by atoms with Crippen LogP contribution in [0, 0.1) is 0 Å². The molecule has 1 aromatic heterocycles. The van der Waals surface area contributed by atoms with Crippen molar-refractivity contribution in [3.63, 3.8) is 0 Å². The van der Waals surface area contributed by atoms with Crippen molar-refractivity contribution in [3.8, 4) is 0 Å². The number of nitrogens with one attached hydrogen (secondary N) is 1. The lowest BCUT2D eigenvalue weighted by molar-refractivity contribution is -0.128. The molecule has 4 rings (SSSR count). The number of thiazole rings is 1. The molecule has 9 heteroatoms. The predicted molar refractivity (Wildman–Crippen MR) is 112 cm³/mol. The predicted octanol–water partition coefficient (Wildman–Crippen LogP) is 2.20. The van der Waals surface area contributed by atoms with Gasteiger partial charge in [0.25, 0.3) is 0 Å². The zero-order chi connectivity index (χ0) is 20.6. The van der Waals surface area contributed by atoms with E-state index in [-0.39, 0.29) is 22.2 Å². The molecule has 1 aliphatic rings. The highest BCUT2D eigenvalue weighted by Crippen LogP contribution is 2.22. The van der Waals surface area contributed by atoms with Crippen LogP contribution in [0.15, 0.2) is 52.2 Å². The average Bonchev–Trinajstić information content (AvgIpc) is 3.23. The summed E-state index contributed by atoms with van der Waals surface area (Å²) >= 11 is 1.02. The molecule has 0 aliphatic carbocycles. The van der Waals surface area contributed by atoms with Crippen LogP contribution in [0.2, 0.25) is 0 Å². The third-order valence-corrected chi connectivity index (χ3v) is 7.57. The van der Waals surface area contributed by atoms with Crippen LogP contribution in [0.1, 0.15) is 24.0 Å². The molecule has 1 fully saturated rings. The smallest absolute Gasteiger partial charge is 0.307 e. The van der Waals surface area contributed by atoms with Crippen molar-refractivity contribution in [1.29, 1.82) is 0 Å². The largest absolute Gasteiger partial charge is 0.338 e. The van der Waals surface area contributed by atoms with Crippen LogP contribution in [-0.4, -0.2) is 30.3 Å². The van der Waals surface area contributed by atoms with Crippen LogP contribution >= 0.6 is 11.3 Å². The Kier molecular flexibility index (Phi) is 5.28. The van der Waals surface area contributed by atoms with Gasteiger partial charge in [0.15, 0.2) is 0 Å². The van der Waals surface area contributed by atoms with Crippen molar-refractivity contribution >= 4 is 37.5 Å². The Morgan fingerprint density at radius 2 is 1.86 bits per heavy atom. The molecule has 0 radical (unpaired) electrons. The highest BCUT2D eigenvalue weighted by Gasteiger charge is 2.21. The van der Waals surface area contributed by atoms with Gasteiger partial charge in [0.05, 0.1) is 15.1 Å². The van der Waals surface area contributed by atoms with Crippen LogP contribution in [0.4, 0.5) is 0 Å². The quantitative estimate of drug-likeness (QED) is 0.648. The summed E-state index contributed by atoms with van der Waals surface area (Å²) in [6.07, 6.45) is 1.44. The Balaban J connectivity index is 1.54. The van der Waals surface area contributed by atoms with Gasteiger partial charge in [-0.3, -0.25) is 9.59 Å². The molecular formula is C20H21N3O4S2. The summed E-state index contributed by atoms with van der Waals surface area (Å²) in [6, 6.07) is 12.2. The second-order valence-electron chi connectivity index (χ2n) is 7.07. The topological polar surface area (TPSA) is 88.5 Å². The molecule has 1 N–H and O–H groups in total. The summed E-state index contributed by atoms with van der Waals surface area (Å²) in [5.41, 5.74) is 2.47. The van der Waals surface area contributed by atoms with Gasteiger partial charge in [-0.1, -0.05) is 35.6 Å². The number of amides is 1. The molecule has 3 aromatic rings. The van der Waals surface area contributed by atoms with E-state index in [9.17, 15) is 18.0 Å². The Bertz CT molecular complexity index is 1240. The van der Waals surface area contributed by atoms with Crippen molar-refractivity contribution in [2.24, 2.45) is 7.05 Å². The van der Waals surface area contributed by atoms with Crippen LogP contribution < -0.4 is 9.60 Å². The molecule has 0 unspecified atom stereocenters. The molecule has 152 valence electrons. The van der Waals surface area contributed by atoms with Gasteiger partial charge in [-0.25, -0.2) is 13.1 Å². The van der Waals surface area contributed by atoms with Crippen molar-refractivity contribution < 1.29 is 13.2 Å². The van der Waals surface area contributed by atoms with Gasteiger partial charge in [0.1, 0.15) is 0 Å². The van der Waals surface area contributed by atoms with Gasteiger partial charge in [-0.05, 0) is 35.7 Å². The van der Waals surface area contributed by atoms with E-state index in [4.69, 9.17) is 0 Å². The van der Waals surface area contributed by atoms with Crippen LogP contribution in [0.5, 0.6) is 0 Å². The zero-order valence-corrected chi connectivity index (χ0v) is 17.6. The maximum atomic E-state index is 12.8. The first-order chi connectivity index (χ1) is 13.8. The van der Waals surface area contributed by atoms with Gasteiger partial charge in [-0.15, -0.1) is 0 Å². The van der Waals surface area contributed by atoms with E-state index >= 15 is 0 Å². The third kappa shape index (κ3) is 3.98. The molecule has 0 bridgehead atoms. The van der Waals surface area contributed by atoms with Gasteiger partial charge in [0.2, 0.25) is 15.9 Å². The number of carbonyl (C=O) groups excluding carboxylic acids is 1. The number of likely N-dealkylation sites (tertiary alicyclic amines) is 1. The summed E-state index contributed by atoms with van der Waals surface area (Å²) in [5.74, 6) is 0.135. The van der Waals surface area contributed by atoms with E-state index in [2.05, 4.69) is 4.72 Å². The van der Waals surface area contributed by atoms with E-state index in [1.807, 2.05) is 24.3 Å². The molecule has 1 amide bonds. The normalized spacial score (nSPS) is 14.8. The fraction of sp³-hybridized carbons (Fsp3) is 0.300. The summed E-state index contributed by atoms with van der Waals surface area (Å²) < 4.78 is 30.4. The fourth-order valence-corrected chi connectivity index (χ4v) is 5.52. The molecule has 2 aromatic carbocycles. The van der Waals surface area contributed by atoms with Crippen molar-refractivity contribution in [2.45, 2.75) is 30.8 Å². The maximum Gasteiger partial charge on any atom is 0.307 e. The number of aryl methyl sites for hydroxylation is 1. The van der Waals surface area contributed by atoms with Crippen molar-refractivity contribution in [1.82, 2.24) is 14.2 Å². The number of sulfonamides is 1. The molecule has 0 spiro atoms. The van der Waals surface area contributed by atoms with Gasteiger partial charge >= 0.3 is 4.87 Å². The monoisotopic (exact) mass is 431 g/mol. The lowest BCUT2D eigenvalue weighted by atomic mass is 10.1. The first-order valence-corrected chi connectivity index (χ1v) is 11.6. The van der Waals surface area contributed by atoms with Crippen molar-refractivity contribution in [3.05, 3.63) is 63.3 Å². The van der Waals surface area contributed by atoms with Crippen LogP contribution in [0.3, 0.4) is 0 Å². The maximum absolute atomic E-state index is 12.8. The molecule has 0 saturated carbocycles. The average molecular weight is 432 g/mol. The number of rotatable bonds is 6. The van der Waals surface area contributed by atoms with Gasteiger partial charge < -0.3 is 9.47 Å². The summed E-state index contributed by atoms with van der Waals surface area (Å²) in [5, 5.41) is 0. The van der Waals surface area contributed by atoms with Crippen LogP contribution in [0.25, 0.3) is 10.2 Å². The molecule has 1 saturated heterocycles. The van der Waals surface area contributed by atoms with Crippen LogP contribution in [-0.2, 0) is 35.0 Å². The van der Waals surface area contributed by atoms with E-state index in [1.165, 1.54) is 16.7 Å². The minimum absolute atomic E-state index is 0.124. The summed E-state index contributed by atoms with van der Waals surface area (Å²) in [6.45, 7) is 1.35. The molecular weight excluding hydrogens is 410 g/mol. The number of hydrogen-bond acceptors (Lipinski definition) is 5. The SMILES string of the molecule is Cn1c(=O)sc2cc(S(=O)(=O)NCc3ccccc3CN3CCCC3=O)ccc21. The Hall–Kier alpha value is -2.49. The zero-order valence-electron chi connectivity index (χ0n) is 15.9. The first kappa shape index (κ1) is 19.8. The Labute approximate surface area is 172 Å². The minimum atomic E-state index is -3.74.